The summed E-state index contributed by atoms with van der Waals surface area (Å²) < 4.78 is 1.91. The lowest BCUT2D eigenvalue weighted by molar-refractivity contribution is 0.434. The average Bonchev–Trinajstić information content (AvgIpc) is 2.47. The summed E-state index contributed by atoms with van der Waals surface area (Å²) in [6.07, 6.45) is 2.48. The Balaban J connectivity index is 2.18. The molecule has 0 spiro atoms. The first kappa shape index (κ1) is 8.69. The van der Waals surface area contributed by atoms with Crippen LogP contribution in [-0.4, -0.2) is 27.9 Å². The molecule has 0 aromatic carbocycles. The number of piperidine rings is 1. The van der Waals surface area contributed by atoms with E-state index in [0.29, 0.717) is 5.92 Å². The van der Waals surface area contributed by atoms with E-state index in [1.54, 1.807) is 0 Å². The summed E-state index contributed by atoms with van der Waals surface area (Å²) in [4.78, 5) is 4.45. The molecule has 13 heavy (non-hydrogen) atoms. The number of aromatic nitrogens is 3. The van der Waals surface area contributed by atoms with Crippen LogP contribution in [0.5, 0.6) is 0 Å². The van der Waals surface area contributed by atoms with Gasteiger partial charge in [-0.25, -0.2) is 4.98 Å². The van der Waals surface area contributed by atoms with Gasteiger partial charge in [0.05, 0.1) is 0 Å². The molecule has 2 heterocycles. The molecular formula is C9H16N4. The van der Waals surface area contributed by atoms with Crippen molar-refractivity contribution in [3.8, 4) is 0 Å². The number of nitrogens with one attached hydrogen (secondary N) is 1. The lowest BCUT2D eigenvalue weighted by Gasteiger charge is -2.21. The van der Waals surface area contributed by atoms with Gasteiger partial charge in [-0.3, -0.25) is 4.68 Å². The SMILES string of the molecule is Cc1nc(C2CCCNC2)n(C)n1. The molecule has 1 atom stereocenters. The Morgan fingerprint density at radius 2 is 2.38 bits per heavy atom. The fourth-order valence-electron chi connectivity index (χ4n) is 1.96. The van der Waals surface area contributed by atoms with Gasteiger partial charge in [0.15, 0.2) is 0 Å². The summed E-state index contributed by atoms with van der Waals surface area (Å²) in [5.41, 5.74) is 0. The number of nitrogens with zero attached hydrogens (tertiary/aromatic N) is 3. The third-order valence-electron chi connectivity index (χ3n) is 2.56. The maximum absolute atomic E-state index is 4.45. The first-order chi connectivity index (χ1) is 6.27. The molecule has 1 fully saturated rings. The van der Waals surface area contributed by atoms with Crippen molar-refractivity contribution in [2.24, 2.45) is 7.05 Å². The van der Waals surface area contributed by atoms with Gasteiger partial charge in [-0.2, -0.15) is 5.10 Å². The molecule has 1 aromatic heterocycles. The quantitative estimate of drug-likeness (QED) is 0.688. The van der Waals surface area contributed by atoms with E-state index in [2.05, 4.69) is 15.4 Å². The summed E-state index contributed by atoms with van der Waals surface area (Å²) in [5.74, 6) is 2.56. The Morgan fingerprint density at radius 1 is 1.54 bits per heavy atom. The Morgan fingerprint density at radius 3 is 2.92 bits per heavy atom. The normalized spacial score (nSPS) is 23.4. The van der Waals surface area contributed by atoms with Crippen molar-refractivity contribution in [2.45, 2.75) is 25.7 Å². The lowest BCUT2D eigenvalue weighted by Crippen LogP contribution is -2.29. The van der Waals surface area contributed by atoms with Crippen LogP contribution in [0.2, 0.25) is 0 Å². The van der Waals surface area contributed by atoms with Crippen LogP contribution in [0.1, 0.15) is 30.4 Å². The average molecular weight is 180 g/mol. The minimum Gasteiger partial charge on any atom is -0.316 e. The highest BCUT2D eigenvalue weighted by molar-refractivity contribution is 5.01. The Labute approximate surface area is 78.4 Å². The van der Waals surface area contributed by atoms with Gasteiger partial charge in [-0.05, 0) is 26.3 Å². The molecular weight excluding hydrogens is 164 g/mol. The molecule has 0 saturated carbocycles. The van der Waals surface area contributed by atoms with Crippen molar-refractivity contribution in [2.75, 3.05) is 13.1 Å². The summed E-state index contributed by atoms with van der Waals surface area (Å²) in [6.45, 7) is 4.14. The molecule has 4 nitrogen and oxygen atoms in total. The minimum absolute atomic E-state index is 0.556. The van der Waals surface area contributed by atoms with Gasteiger partial charge >= 0.3 is 0 Å². The van der Waals surface area contributed by atoms with E-state index in [9.17, 15) is 0 Å². The molecule has 4 heteroatoms. The number of hydrogen-bond acceptors (Lipinski definition) is 3. The Kier molecular flexibility index (Phi) is 2.31. The van der Waals surface area contributed by atoms with Gasteiger partial charge in [-0.15, -0.1) is 0 Å². The summed E-state index contributed by atoms with van der Waals surface area (Å²) in [6, 6.07) is 0. The monoisotopic (exact) mass is 180 g/mol. The highest BCUT2D eigenvalue weighted by atomic mass is 15.3. The standard InChI is InChI=1S/C9H16N4/c1-7-11-9(13(2)12-7)8-4-3-5-10-6-8/h8,10H,3-6H2,1-2H3. The van der Waals surface area contributed by atoms with Crippen LogP contribution in [0.3, 0.4) is 0 Å². The second kappa shape index (κ2) is 3.46. The molecule has 1 saturated heterocycles. The van der Waals surface area contributed by atoms with Crippen LogP contribution in [0.25, 0.3) is 0 Å². The van der Waals surface area contributed by atoms with Crippen molar-refractivity contribution < 1.29 is 0 Å². The third kappa shape index (κ3) is 1.72. The van der Waals surface area contributed by atoms with Crippen molar-refractivity contribution in [3.63, 3.8) is 0 Å². The molecule has 1 aliphatic rings. The van der Waals surface area contributed by atoms with E-state index in [-0.39, 0.29) is 0 Å². The van der Waals surface area contributed by atoms with Crippen molar-refractivity contribution in [1.82, 2.24) is 20.1 Å². The third-order valence-corrected chi connectivity index (χ3v) is 2.56. The zero-order valence-electron chi connectivity index (χ0n) is 8.25. The van der Waals surface area contributed by atoms with Crippen LogP contribution < -0.4 is 5.32 Å². The predicted molar refractivity (Wildman–Crippen MR) is 50.6 cm³/mol. The molecule has 1 aromatic rings. The molecule has 0 aliphatic carbocycles. The first-order valence-corrected chi connectivity index (χ1v) is 4.85. The van der Waals surface area contributed by atoms with E-state index >= 15 is 0 Å². The second-order valence-corrected chi connectivity index (χ2v) is 3.68. The lowest BCUT2D eigenvalue weighted by atomic mass is 9.99. The number of rotatable bonds is 1. The van der Waals surface area contributed by atoms with Crippen LogP contribution in [0.4, 0.5) is 0 Å². The Hall–Kier alpha value is -0.900. The number of aryl methyl sites for hydroxylation is 2. The van der Waals surface area contributed by atoms with E-state index in [1.165, 1.54) is 12.8 Å². The van der Waals surface area contributed by atoms with Gasteiger partial charge in [0, 0.05) is 19.5 Å². The summed E-state index contributed by atoms with van der Waals surface area (Å²) in [5, 5.41) is 7.65. The molecule has 1 unspecified atom stereocenters. The highest BCUT2D eigenvalue weighted by Gasteiger charge is 2.19. The van der Waals surface area contributed by atoms with E-state index in [0.717, 1.165) is 24.7 Å². The van der Waals surface area contributed by atoms with E-state index in [4.69, 9.17) is 0 Å². The second-order valence-electron chi connectivity index (χ2n) is 3.68. The largest absolute Gasteiger partial charge is 0.316 e. The summed E-state index contributed by atoms with van der Waals surface area (Å²) in [7, 11) is 1.98. The fraction of sp³-hybridized carbons (Fsp3) is 0.778. The van der Waals surface area contributed by atoms with Gasteiger partial charge in [-0.1, -0.05) is 0 Å². The molecule has 0 radical (unpaired) electrons. The summed E-state index contributed by atoms with van der Waals surface area (Å²) >= 11 is 0. The predicted octanol–water partition coefficient (Wildman–Crippen LogP) is 0.591. The van der Waals surface area contributed by atoms with Crippen molar-refractivity contribution >= 4 is 0 Å². The fourth-order valence-corrected chi connectivity index (χ4v) is 1.96. The zero-order valence-corrected chi connectivity index (χ0v) is 8.25. The van der Waals surface area contributed by atoms with Crippen LogP contribution in [0.15, 0.2) is 0 Å². The van der Waals surface area contributed by atoms with Gasteiger partial charge in [0.1, 0.15) is 11.6 Å². The van der Waals surface area contributed by atoms with Crippen molar-refractivity contribution in [3.05, 3.63) is 11.6 Å². The van der Waals surface area contributed by atoms with Crippen molar-refractivity contribution in [1.29, 1.82) is 0 Å². The maximum Gasteiger partial charge on any atom is 0.147 e. The first-order valence-electron chi connectivity index (χ1n) is 4.85. The minimum atomic E-state index is 0.556. The van der Waals surface area contributed by atoms with E-state index in [1.807, 2.05) is 18.7 Å². The van der Waals surface area contributed by atoms with Crippen LogP contribution in [0, 0.1) is 6.92 Å². The molecule has 1 N–H and O–H groups in total. The zero-order chi connectivity index (χ0) is 9.26. The van der Waals surface area contributed by atoms with Gasteiger partial charge in [0.2, 0.25) is 0 Å². The number of hydrogen-bond donors (Lipinski definition) is 1. The molecule has 2 rings (SSSR count). The van der Waals surface area contributed by atoms with Crippen LogP contribution in [-0.2, 0) is 7.05 Å². The molecule has 1 aliphatic heterocycles. The smallest absolute Gasteiger partial charge is 0.147 e. The Bertz CT molecular complexity index is 286. The van der Waals surface area contributed by atoms with E-state index < -0.39 is 0 Å². The van der Waals surface area contributed by atoms with Crippen LogP contribution >= 0.6 is 0 Å². The molecule has 0 bridgehead atoms. The van der Waals surface area contributed by atoms with Gasteiger partial charge in [0.25, 0.3) is 0 Å². The molecule has 0 amide bonds. The van der Waals surface area contributed by atoms with Gasteiger partial charge < -0.3 is 5.32 Å². The maximum atomic E-state index is 4.45. The molecule has 72 valence electrons. The highest BCUT2D eigenvalue weighted by Crippen LogP contribution is 2.20. The topological polar surface area (TPSA) is 42.7 Å².